The highest BCUT2D eigenvalue weighted by molar-refractivity contribution is 6.35. The summed E-state index contributed by atoms with van der Waals surface area (Å²) in [7, 11) is 0. The monoisotopic (exact) mass is 326 g/mol. The topological polar surface area (TPSA) is 20.2 Å². The minimum atomic E-state index is -0.955. The molecule has 0 heterocycles. The molecule has 0 aliphatic carbocycles. The van der Waals surface area contributed by atoms with E-state index in [1.165, 1.54) is 0 Å². The second-order valence-electron chi connectivity index (χ2n) is 4.86. The van der Waals surface area contributed by atoms with Gasteiger partial charge in [-0.25, -0.2) is 0 Å². The first-order chi connectivity index (χ1) is 10.6. The van der Waals surface area contributed by atoms with Gasteiger partial charge in [-0.05, 0) is 29.0 Å². The van der Waals surface area contributed by atoms with Crippen LogP contribution in [0.2, 0.25) is 10.0 Å². The van der Waals surface area contributed by atoms with Crippen molar-refractivity contribution < 1.29 is 5.11 Å². The van der Waals surface area contributed by atoms with E-state index >= 15 is 0 Å². The van der Waals surface area contributed by atoms with Crippen molar-refractivity contribution in [3.63, 3.8) is 0 Å². The van der Waals surface area contributed by atoms with Crippen molar-refractivity contribution >= 4 is 34.0 Å². The van der Waals surface area contributed by atoms with Crippen molar-refractivity contribution in [3.05, 3.63) is 81.8 Å². The average molecular weight is 327 g/mol. The average Bonchev–Trinajstić information content (AvgIpc) is 2.52. The highest BCUT2D eigenvalue weighted by Crippen LogP contribution is 2.26. The number of aliphatic hydroxyl groups excluding tert-OH is 1. The van der Waals surface area contributed by atoms with Gasteiger partial charge in [0.2, 0.25) is 0 Å². The first-order valence-corrected chi connectivity index (χ1v) is 7.53. The molecule has 0 aliphatic rings. The van der Waals surface area contributed by atoms with Gasteiger partial charge < -0.3 is 5.11 Å². The van der Waals surface area contributed by atoms with Crippen LogP contribution in [0.4, 0.5) is 0 Å². The van der Waals surface area contributed by atoms with Crippen molar-refractivity contribution in [1.29, 1.82) is 0 Å². The summed E-state index contributed by atoms with van der Waals surface area (Å²) in [5.41, 5.74) is 1.43. The van der Waals surface area contributed by atoms with E-state index in [0.29, 0.717) is 15.6 Å². The van der Waals surface area contributed by atoms with Gasteiger partial charge >= 0.3 is 0 Å². The number of fused-ring (bicyclic) bond motifs is 1. The minimum Gasteiger partial charge on any atom is -0.376 e. The third-order valence-corrected chi connectivity index (χ3v) is 3.95. The zero-order valence-corrected chi connectivity index (χ0v) is 13.1. The Labute approximate surface area is 139 Å². The van der Waals surface area contributed by atoms with Gasteiger partial charge in [0, 0.05) is 21.2 Å². The number of hydrogen-bond acceptors (Lipinski definition) is 1. The maximum Gasteiger partial charge on any atom is 0.142 e. The van der Waals surface area contributed by atoms with Crippen LogP contribution in [-0.4, -0.2) is 5.11 Å². The van der Waals surface area contributed by atoms with E-state index in [2.05, 4.69) is 11.8 Å². The van der Waals surface area contributed by atoms with Crippen molar-refractivity contribution in [3.8, 4) is 11.8 Å². The summed E-state index contributed by atoms with van der Waals surface area (Å²) in [6.07, 6.45) is -0.955. The van der Waals surface area contributed by atoms with E-state index in [1.807, 2.05) is 42.5 Å². The summed E-state index contributed by atoms with van der Waals surface area (Å²) in [4.78, 5) is 0. The molecule has 0 aliphatic heterocycles. The van der Waals surface area contributed by atoms with Gasteiger partial charge in [-0.1, -0.05) is 77.5 Å². The van der Waals surface area contributed by atoms with Crippen molar-refractivity contribution in [2.45, 2.75) is 6.10 Å². The normalized spacial score (nSPS) is 11.8. The number of aliphatic hydroxyl groups is 1. The van der Waals surface area contributed by atoms with Gasteiger partial charge in [0.15, 0.2) is 0 Å². The fourth-order valence-corrected chi connectivity index (χ4v) is 2.79. The van der Waals surface area contributed by atoms with Crippen LogP contribution in [0.1, 0.15) is 17.2 Å². The van der Waals surface area contributed by atoms with Crippen molar-refractivity contribution in [2.75, 3.05) is 0 Å². The molecule has 1 nitrogen and oxygen atoms in total. The molecule has 1 atom stereocenters. The predicted octanol–water partition coefficient (Wildman–Crippen LogP) is 5.23. The third-order valence-electron chi connectivity index (χ3n) is 3.39. The van der Waals surface area contributed by atoms with Gasteiger partial charge in [0.25, 0.3) is 0 Å². The molecule has 0 bridgehead atoms. The Bertz CT molecular complexity index is 885. The molecular weight excluding hydrogens is 315 g/mol. The maximum absolute atomic E-state index is 10.2. The molecule has 22 heavy (non-hydrogen) atoms. The summed E-state index contributed by atoms with van der Waals surface area (Å²) in [6, 6.07) is 18.9. The molecule has 3 aromatic carbocycles. The van der Waals surface area contributed by atoms with Crippen LogP contribution in [0.15, 0.2) is 60.7 Å². The Kier molecular flexibility index (Phi) is 4.36. The van der Waals surface area contributed by atoms with Gasteiger partial charge in [0.05, 0.1) is 0 Å². The largest absolute Gasteiger partial charge is 0.376 e. The zero-order chi connectivity index (χ0) is 15.5. The molecule has 3 rings (SSSR count). The van der Waals surface area contributed by atoms with E-state index in [-0.39, 0.29) is 0 Å². The van der Waals surface area contributed by atoms with Crippen molar-refractivity contribution in [2.24, 2.45) is 0 Å². The first-order valence-electron chi connectivity index (χ1n) is 6.77. The maximum atomic E-state index is 10.2. The minimum absolute atomic E-state index is 0.409. The number of benzene rings is 3. The number of hydrogen-bond donors (Lipinski definition) is 1. The molecule has 0 amide bonds. The Morgan fingerprint density at radius 1 is 0.909 bits per heavy atom. The molecule has 0 saturated heterocycles. The van der Waals surface area contributed by atoms with Gasteiger partial charge in [-0.3, -0.25) is 0 Å². The van der Waals surface area contributed by atoms with Crippen LogP contribution >= 0.6 is 23.2 Å². The van der Waals surface area contributed by atoms with E-state index < -0.39 is 6.10 Å². The van der Waals surface area contributed by atoms with Crippen LogP contribution in [0.5, 0.6) is 0 Å². The predicted molar refractivity (Wildman–Crippen MR) is 92.2 cm³/mol. The first kappa shape index (κ1) is 14.9. The van der Waals surface area contributed by atoms with E-state index in [4.69, 9.17) is 23.2 Å². The second-order valence-corrected chi connectivity index (χ2v) is 5.71. The molecule has 3 aromatic rings. The highest BCUT2D eigenvalue weighted by atomic mass is 35.5. The lowest BCUT2D eigenvalue weighted by molar-refractivity contribution is 0.238. The van der Waals surface area contributed by atoms with Gasteiger partial charge in [0.1, 0.15) is 6.10 Å². The molecule has 1 N–H and O–H groups in total. The Balaban J connectivity index is 1.97. The molecule has 0 radical (unpaired) electrons. The van der Waals surface area contributed by atoms with E-state index in [0.717, 1.165) is 16.3 Å². The van der Waals surface area contributed by atoms with Crippen molar-refractivity contribution in [1.82, 2.24) is 0 Å². The van der Waals surface area contributed by atoms with Crippen LogP contribution in [0.3, 0.4) is 0 Å². The van der Waals surface area contributed by atoms with E-state index in [1.54, 1.807) is 18.2 Å². The molecule has 0 saturated carbocycles. The van der Waals surface area contributed by atoms with Crippen LogP contribution in [0, 0.1) is 11.8 Å². The SMILES string of the molecule is OC(C#Cc1cccc2ccccc12)c1ccc(Cl)cc1Cl. The number of halogens is 2. The molecule has 0 spiro atoms. The van der Waals surface area contributed by atoms with Crippen LogP contribution in [-0.2, 0) is 0 Å². The van der Waals surface area contributed by atoms with Gasteiger partial charge in [-0.2, -0.15) is 0 Å². The Hall–Kier alpha value is -1.98. The van der Waals surface area contributed by atoms with Crippen LogP contribution in [0.25, 0.3) is 10.8 Å². The lowest BCUT2D eigenvalue weighted by Crippen LogP contribution is -1.95. The summed E-state index contributed by atoms with van der Waals surface area (Å²) in [6.45, 7) is 0. The van der Waals surface area contributed by atoms with Crippen LogP contribution < -0.4 is 0 Å². The number of rotatable bonds is 1. The summed E-state index contributed by atoms with van der Waals surface area (Å²) in [5, 5.41) is 13.3. The molecule has 0 aromatic heterocycles. The third kappa shape index (κ3) is 3.10. The van der Waals surface area contributed by atoms with Gasteiger partial charge in [-0.15, -0.1) is 0 Å². The molecule has 1 unspecified atom stereocenters. The quantitative estimate of drug-likeness (QED) is 0.607. The smallest absolute Gasteiger partial charge is 0.142 e. The standard InChI is InChI=1S/C19H12Cl2O/c20-15-9-10-17(18(21)12-15)19(22)11-8-14-6-3-5-13-4-1-2-7-16(13)14/h1-7,9-10,12,19,22H. The Morgan fingerprint density at radius 3 is 2.50 bits per heavy atom. The molecule has 3 heteroatoms. The fraction of sp³-hybridized carbons (Fsp3) is 0.0526. The fourth-order valence-electron chi connectivity index (χ4n) is 2.28. The molecular formula is C19H12Cl2O. The second kappa shape index (κ2) is 6.42. The summed E-state index contributed by atoms with van der Waals surface area (Å²) >= 11 is 11.9. The zero-order valence-electron chi connectivity index (χ0n) is 11.6. The van der Waals surface area contributed by atoms with E-state index in [9.17, 15) is 5.11 Å². The summed E-state index contributed by atoms with van der Waals surface area (Å²) in [5.74, 6) is 5.88. The lowest BCUT2D eigenvalue weighted by atomic mass is 10.0. The Morgan fingerprint density at radius 2 is 1.68 bits per heavy atom. The lowest BCUT2D eigenvalue weighted by Gasteiger charge is -2.06. The molecule has 108 valence electrons. The summed E-state index contributed by atoms with van der Waals surface area (Å²) < 4.78 is 0. The molecule has 0 fully saturated rings. The highest BCUT2D eigenvalue weighted by Gasteiger charge is 2.09.